The van der Waals surface area contributed by atoms with Crippen LogP contribution in [0.4, 0.5) is 10.1 Å². The lowest BCUT2D eigenvalue weighted by atomic mass is 10.1. The highest BCUT2D eigenvalue weighted by Gasteiger charge is 2.45. The van der Waals surface area contributed by atoms with Crippen molar-refractivity contribution in [3.63, 3.8) is 0 Å². The smallest absolute Gasteiger partial charge is 0.228 e. The molecule has 0 aliphatic heterocycles. The predicted octanol–water partition coefficient (Wildman–Crippen LogP) is 4.49. The van der Waals surface area contributed by atoms with E-state index in [1.54, 1.807) is 23.5 Å². The fraction of sp³-hybridized carbons (Fsp3) is 0.222. The number of rotatable bonds is 3. The van der Waals surface area contributed by atoms with Gasteiger partial charge in [0.25, 0.3) is 0 Å². The Morgan fingerprint density at radius 2 is 2.13 bits per heavy atom. The lowest BCUT2D eigenvalue weighted by Gasteiger charge is -2.05. The molecule has 2 atom stereocenters. The number of halogens is 1. The first kappa shape index (κ1) is 14.3. The number of carbonyl (C=O) groups is 1. The van der Waals surface area contributed by atoms with Crippen LogP contribution in [0.2, 0.25) is 0 Å². The van der Waals surface area contributed by atoms with Crippen LogP contribution in [-0.2, 0) is 4.79 Å². The molecule has 1 aliphatic rings. The molecule has 2 aromatic carbocycles. The number of thiazole rings is 1. The minimum Gasteiger partial charge on any atom is -0.326 e. The van der Waals surface area contributed by atoms with Crippen LogP contribution >= 0.6 is 11.3 Å². The molecule has 5 heteroatoms. The first-order valence-electron chi connectivity index (χ1n) is 7.54. The van der Waals surface area contributed by atoms with E-state index < -0.39 is 0 Å². The monoisotopic (exact) mass is 326 g/mol. The summed E-state index contributed by atoms with van der Waals surface area (Å²) in [7, 11) is 0. The lowest BCUT2D eigenvalue weighted by molar-refractivity contribution is -0.117. The molecule has 0 spiro atoms. The molecule has 1 aliphatic carbocycles. The average molecular weight is 326 g/mol. The summed E-state index contributed by atoms with van der Waals surface area (Å²) < 4.78 is 14.8. The molecule has 0 saturated heterocycles. The summed E-state index contributed by atoms with van der Waals surface area (Å²) in [5, 5.41) is 3.95. The van der Waals surface area contributed by atoms with Gasteiger partial charge in [-0.2, -0.15) is 0 Å². The van der Waals surface area contributed by atoms with Crippen molar-refractivity contribution >= 4 is 33.1 Å². The third kappa shape index (κ3) is 2.72. The van der Waals surface area contributed by atoms with Crippen LogP contribution < -0.4 is 5.32 Å². The van der Waals surface area contributed by atoms with Gasteiger partial charge in [0, 0.05) is 11.6 Å². The van der Waals surface area contributed by atoms with Crippen LogP contribution in [0.15, 0.2) is 42.5 Å². The molecule has 3 nitrogen and oxygen atoms in total. The van der Waals surface area contributed by atoms with E-state index in [0.29, 0.717) is 12.0 Å². The second-order valence-electron chi connectivity index (χ2n) is 5.87. The molecule has 1 saturated carbocycles. The first-order valence-corrected chi connectivity index (χ1v) is 8.36. The number of fused-ring (bicyclic) bond motifs is 1. The molecule has 3 aromatic rings. The molecular weight excluding hydrogens is 311 g/mol. The van der Waals surface area contributed by atoms with Crippen LogP contribution in [0.25, 0.3) is 10.2 Å². The molecule has 0 bridgehead atoms. The standard InChI is InChI=1S/C18H15FN2OS/c1-10-20-16-7-6-11(8-17(16)23-10)21-18(22)14-9-13(14)12-4-2-3-5-15(12)19/h2-8,13-14H,9H2,1H3,(H,21,22). The predicted molar refractivity (Wildman–Crippen MR) is 90.2 cm³/mol. The number of anilines is 1. The van der Waals surface area contributed by atoms with Crippen LogP contribution in [0.5, 0.6) is 0 Å². The number of aryl methyl sites for hydroxylation is 1. The van der Waals surface area contributed by atoms with E-state index in [9.17, 15) is 9.18 Å². The Hall–Kier alpha value is -2.27. The Morgan fingerprint density at radius 1 is 1.30 bits per heavy atom. The normalized spacial score (nSPS) is 19.7. The molecule has 23 heavy (non-hydrogen) atoms. The molecule has 1 heterocycles. The summed E-state index contributed by atoms with van der Waals surface area (Å²) >= 11 is 1.60. The Bertz CT molecular complexity index is 905. The minimum absolute atomic E-state index is 0.00872. The van der Waals surface area contributed by atoms with Crippen molar-refractivity contribution in [2.24, 2.45) is 5.92 Å². The van der Waals surface area contributed by atoms with Gasteiger partial charge < -0.3 is 5.32 Å². The summed E-state index contributed by atoms with van der Waals surface area (Å²) in [5.74, 6) is -0.426. The van der Waals surface area contributed by atoms with E-state index in [-0.39, 0.29) is 23.6 Å². The number of nitrogens with zero attached hydrogens (tertiary/aromatic N) is 1. The van der Waals surface area contributed by atoms with Gasteiger partial charge in [-0.3, -0.25) is 4.79 Å². The van der Waals surface area contributed by atoms with E-state index in [2.05, 4.69) is 10.3 Å². The number of nitrogens with one attached hydrogen (secondary N) is 1. The number of hydrogen-bond acceptors (Lipinski definition) is 3. The van der Waals surface area contributed by atoms with Crippen molar-refractivity contribution in [2.45, 2.75) is 19.3 Å². The quantitative estimate of drug-likeness (QED) is 0.771. The number of benzene rings is 2. The van der Waals surface area contributed by atoms with Crippen molar-refractivity contribution < 1.29 is 9.18 Å². The van der Waals surface area contributed by atoms with Crippen molar-refractivity contribution in [1.82, 2.24) is 4.98 Å². The molecule has 1 aromatic heterocycles. The fourth-order valence-electron chi connectivity index (χ4n) is 2.96. The molecule has 1 amide bonds. The van der Waals surface area contributed by atoms with Crippen LogP contribution in [0, 0.1) is 18.7 Å². The summed E-state index contributed by atoms with van der Waals surface area (Å²) in [4.78, 5) is 16.8. The van der Waals surface area contributed by atoms with Gasteiger partial charge >= 0.3 is 0 Å². The third-order valence-electron chi connectivity index (χ3n) is 4.19. The van der Waals surface area contributed by atoms with Crippen LogP contribution in [0.3, 0.4) is 0 Å². The van der Waals surface area contributed by atoms with Gasteiger partial charge in [-0.1, -0.05) is 18.2 Å². The molecule has 4 rings (SSSR count). The molecule has 0 radical (unpaired) electrons. The van der Waals surface area contributed by atoms with E-state index in [0.717, 1.165) is 20.9 Å². The van der Waals surface area contributed by atoms with E-state index in [1.807, 2.05) is 31.2 Å². The fourth-order valence-corrected chi connectivity index (χ4v) is 3.82. The maximum absolute atomic E-state index is 13.8. The molecule has 116 valence electrons. The van der Waals surface area contributed by atoms with E-state index in [1.165, 1.54) is 6.07 Å². The van der Waals surface area contributed by atoms with Crippen LogP contribution in [-0.4, -0.2) is 10.9 Å². The van der Waals surface area contributed by atoms with Crippen molar-refractivity contribution in [1.29, 1.82) is 0 Å². The largest absolute Gasteiger partial charge is 0.326 e. The molecule has 1 fully saturated rings. The number of carbonyl (C=O) groups excluding carboxylic acids is 1. The summed E-state index contributed by atoms with van der Waals surface area (Å²) in [5.41, 5.74) is 2.35. The van der Waals surface area contributed by atoms with Gasteiger partial charge in [0.1, 0.15) is 5.82 Å². The zero-order valence-corrected chi connectivity index (χ0v) is 13.4. The van der Waals surface area contributed by atoms with Gasteiger partial charge in [0.2, 0.25) is 5.91 Å². The molecule has 1 N–H and O–H groups in total. The van der Waals surface area contributed by atoms with Gasteiger partial charge in [-0.25, -0.2) is 9.37 Å². The third-order valence-corrected chi connectivity index (χ3v) is 5.13. The van der Waals surface area contributed by atoms with Gasteiger partial charge in [-0.05, 0) is 49.1 Å². The van der Waals surface area contributed by atoms with Crippen molar-refractivity contribution in [3.8, 4) is 0 Å². The maximum atomic E-state index is 13.8. The zero-order valence-electron chi connectivity index (χ0n) is 12.5. The molecular formula is C18H15FN2OS. The Labute approximate surface area is 137 Å². The topological polar surface area (TPSA) is 42.0 Å². The van der Waals surface area contributed by atoms with Gasteiger partial charge in [0.05, 0.1) is 15.2 Å². The Balaban J connectivity index is 1.49. The van der Waals surface area contributed by atoms with Crippen molar-refractivity contribution in [2.75, 3.05) is 5.32 Å². The molecule has 2 unspecified atom stereocenters. The minimum atomic E-state index is -0.227. The number of amides is 1. The SMILES string of the molecule is Cc1nc2ccc(NC(=O)C3CC3c3ccccc3F)cc2s1. The highest BCUT2D eigenvalue weighted by Crippen LogP contribution is 2.48. The summed E-state index contributed by atoms with van der Waals surface area (Å²) in [6.45, 7) is 1.96. The maximum Gasteiger partial charge on any atom is 0.228 e. The number of hydrogen-bond donors (Lipinski definition) is 1. The highest BCUT2D eigenvalue weighted by atomic mass is 32.1. The summed E-state index contributed by atoms with van der Waals surface area (Å²) in [6.07, 6.45) is 0.703. The first-order chi connectivity index (χ1) is 11.1. The second-order valence-corrected chi connectivity index (χ2v) is 7.11. The van der Waals surface area contributed by atoms with Crippen molar-refractivity contribution in [3.05, 3.63) is 58.9 Å². The Kier molecular flexibility index (Phi) is 3.38. The highest BCUT2D eigenvalue weighted by molar-refractivity contribution is 7.18. The summed E-state index contributed by atoms with van der Waals surface area (Å²) in [6, 6.07) is 12.4. The van der Waals surface area contributed by atoms with E-state index >= 15 is 0 Å². The van der Waals surface area contributed by atoms with E-state index in [4.69, 9.17) is 0 Å². The lowest BCUT2D eigenvalue weighted by Crippen LogP contribution is -2.14. The van der Waals surface area contributed by atoms with Gasteiger partial charge in [0.15, 0.2) is 0 Å². The second kappa shape index (κ2) is 5.42. The zero-order chi connectivity index (χ0) is 16.0. The number of aromatic nitrogens is 1. The average Bonchev–Trinajstić information content (AvgIpc) is 3.23. The Morgan fingerprint density at radius 3 is 2.96 bits per heavy atom. The van der Waals surface area contributed by atoms with Crippen LogP contribution in [0.1, 0.15) is 22.9 Å². The van der Waals surface area contributed by atoms with Gasteiger partial charge in [-0.15, -0.1) is 11.3 Å².